The molecule has 0 radical (unpaired) electrons. The van der Waals surface area contributed by atoms with Gasteiger partial charge in [0.2, 0.25) is 0 Å². The van der Waals surface area contributed by atoms with Gasteiger partial charge in [0.1, 0.15) is 12.4 Å². The van der Waals surface area contributed by atoms with Gasteiger partial charge in [0.25, 0.3) is 0 Å². The van der Waals surface area contributed by atoms with Crippen LogP contribution in [0.5, 0.6) is 5.75 Å². The lowest BCUT2D eigenvalue weighted by molar-refractivity contribution is -0.114. The number of ketones is 1. The van der Waals surface area contributed by atoms with E-state index in [1.54, 1.807) is 6.08 Å². The highest BCUT2D eigenvalue weighted by Crippen LogP contribution is 2.31. The highest BCUT2D eigenvalue weighted by molar-refractivity contribution is 6.01. The third-order valence-electron chi connectivity index (χ3n) is 4.73. The molecule has 0 aromatic heterocycles. The van der Waals surface area contributed by atoms with E-state index in [1.807, 2.05) is 30.3 Å². The van der Waals surface area contributed by atoms with Crippen molar-refractivity contribution in [2.75, 3.05) is 26.2 Å². The van der Waals surface area contributed by atoms with Gasteiger partial charge in [-0.2, -0.15) is 0 Å². The fraction of sp³-hybridized carbons (Fsp3) is 0.286. The van der Waals surface area contributed by atoms with Crippen molar-refractivity contribution in [3.63, 3.8) is 0 Å². The van der Waals surface area contributed by atoms with Crippen LogP contribution < -0.4 is 10.1 Å². The van der Waals surface area contributed by atoms with Gasteiger partial charge in [0.05, 0.1) is 0 Å². The summed E-state index contributed by atoms with van der Waals surface area (Å²) in [7, 11) is 0. The molecule has 4 heteroatoms. The lowest BCUT2D eigenvalue weighted by Crippen LogP contribution is -2.43. The number of carbonyl (C=O) groups is 1. The minimum atomic E-state index is 0.180. The Morgan fingerprint density at radius 2 is 1.84 bits per heavy atom. The first-order valence-corrected chi connectivity index (χ1v) is 8.80. The Morgan fingerprint density at radius 1 is 1.04 bits per heavy atom. The number of piperazine rings is 1. The van der Waals surface area contributed by atoms with Crippen molar-refractivity contribution in [3.05, 3.63) is 71.3 Å². The molecule has 2 aromatic rings. The molecule has 2 aliphatic rings. The first kappa shape index (κ1) is 15.9. The molecule has 4 nitrogen and oxygen atoms in total. The van der Waals surface area contributed by atoms with Gasteiger partial charge in [0.15, 0.2) is 5.78 Å². The predicted octanol–water partition coefficient (Wildman–Crippen LogP) is 2.64. The minimum Gasteiger partial charge on any atom is -0.489 e. The molecule has 0 saturated carbocycles. The molecule has 1 aliphatic heterocycles. The van der Waals surface area contributed by atoms with E-state index in [0.717, 1.165) is 54.3 Å². The Bertz CT molecular complexity index is 793. The molecule has 0 amide bonds. The maximum atomic E-state index is 12.1. The largest absolute Gasteiger partial charge is 0.489 e. The van der Waals surface area contributed by atoms with Crippen molar-refractivity contribution < 1.29 is 9.53 Å². The monoisotopic (exact) mass is 334 g/mol. The molecule has 0 bridgehead atoms. The van der Waals surface area contributed by atoms with Gasteiger partial charge in [-0.25, -0.2) is 0 Å². The Morgan fingerprint density at radius 3 is 2.64 bits per heavy atom. The van der Waals surface area contributed by atoms with E-state index in [2.05, 4.69) is 28.4 Å². The SMILES string of the molecule is O=C1C=C(N2CCNCC2)c2cc(OCc3ccccc3)ccc2C1. The van der Waals surface area contributed by atoms with Crippen LogP contribution in [0.25, 0.3) is 5.70 Å². The molecule has 1 N–H and O–H groups in total. The van der Waals surface area contributed by atoms with Crippen LogP contribution in [0, 0.1) is 0 Å². The fourth-order valence-electron chi connectivity index (χ4n) is 3.42. The Kier molecular flexibility index (Phi) is 4.53. The Labute approximate surface area is 148 Å². The third kappa shape index (κ3) is 3.59. The smallest absolute Gasteiger partial charge is 0.162 e. The first-order chi connectivity index (χ1) is 12.3. The van der Waals surface area contributed by atoms with Gasteiger partial charge < -0.3 is 15.0 Å². The number of nitrogens with one attached hydrogen (secondary N) is 1. The molecule has 1 fully saturated rings. The molecule has 0 spiro atoms. The normalized spacial score (nSPS) is 17.0. The zero-order chi connectivity index (χ0) is 17.1. The second kappa shape index (κ2) is 7.11. The Hall–Kier alpha value is -2.59. The number of carbonyl (C=O) groups excluding carboxylic acids is 1. The molecule has 1 heterocycles. The van der Waals surface area contributed by atoms with Gasteiger partial charge >= 0.3 is 0 Å². The summed E-state index contributed by atoms with van der Waals surface area (Å²) in [4.78, 5) is 14.4. The maximum absolute atomic E-state index is 12.1. The number of hydrogen-bond donors (Lipinski definition) is 1. The summed E-state index contributed by atoms with van der Waals surface area (Å²) in [6, 6.07) is 16.2. The van der Waals surface area contributed by atoms with E-state index in [9.17, 15) is 4.79 Å². The zero-order valence-electron chi connectivity index (χ0n) is 14.2. The van der Waals surface area contributed by atoms with E-state index in [-0.39, 0.29) is 5.78 Å². The second-order valence-electron chi connectivity index (χ2n) is 6.50. The maximum Gasteiger partial charge on any atom is 0.162 e. The van der Waals surface area contributed by atoms with E-state index >= 15 is 0 Å². The second-order valence-corrected chi connectivity index (χ2v) is 6.50. The number of allylic oxidation sites excluding steroid dienone is 1. The van der Waals surface area contributed by atoms with Crippen LogP contribution in [0.4, 0.5) is 0 Å². The molecule has 1 aliphatic carbocycles. The molecule has 0 unspecified atom stereocenters. The summed E-state index contributed by atoms with van der Waals surface area (Å²) in [5.41, 5.74) is 4.41. The number of ether oxygens (including phenoxy) is 1. The van der Waals surface area contributed by atoms with Crippen LogP contribution in [0.1, 0.15) is 16.7 Å². The number of fused-ring (bicyclic) bond motifs is 1. The van der Waals surface area contributed by atoms with E-state index < -0.39 is 0 Å². The van der Waals surface area contributed by atoms with Crippen LogP contribution in [0.15, 0.2) is 54.6 Å². The average Bonchev–Trinajstić information content (AvgIpc) is 2.67. The fourth-order valence-corrected chi connectivity index (χ4v) is 3.42. The molecule has 1 saturated heterocycles. The van der Waals surface area contributed by atoms with Gasteiger partial charge in [-0.05, 0) is 23.3 Å². The summed E-state index contributed by atoms with van der Waals surface area (Å²) in [5.74, 6) is 1.02. The van der Waals surface area contributed by atoms with Crippen LogP contribution in [0.2, 0.25) is 0 Å². The molecular weight excluding hydrogens is 312 g/mol. The van der Waals surface area contributed by atoms with Crippen LogP contribution >= 0.6 is 0 Å². The molecule has 0 atom stereocenters. The molecule has 128 valence electrons. The predicted molar refractivity (Wildman–Crippen MR) is 98.3 cm³/mol. The standard InChI is InChI=1S/C21H22N2O2/c24-18-12-17-6-7-19(25-15-16-4-2-1-3-5-16)14-20(17)21(13-18)23-10-8-22-9-11-23/h1-7,13-14,22H,8-12,15H2. The lowest BCUT2D eigenvalue weighted by atomic mass is 9.92. The Balaban J connectivity index is 1.58. The number of benzene rings is 2. The van der Waals surface area contributed by atoms with Crippen LogP contribution in [-0.2, 0) is 17.8 Å². The van der Waals surface area contributed by atoms with Crippen molar-refractivity contribution in [2.24, 2.45) is 0 Å². The molecular formula is C21H22N2O2. The van der Waals surface area contributed by atoms with E-state index in [1.165, 1.54) is 0 Å². The van der Waals surface area contributed by atoms with Gasteiger partial charge in [-0.15, -0.1) is 0 Å². The summed E-state index contributed by atoms with van der Waals surface area (Å²) in [6.45, 7) is 4.29. The first-order valence-electron chi connectivity index (χ1n) is 8.80. The number of nitrogens with zero attached hydrogens (tertiary/aromatic N) is 1. The van der Waals surface area contributed by atoms with Crippen LogP contribution in [-0.4, -0.2) is 36.9 Å². The summed E-state index contributed by atoms with van der Waals surface area (Å²) in [5, 5.41) is 3.36. The minimum absolute atomic E-state index is 0.180. The van der Waals surface area contributed by atoms with Gasteiger partial charge in [0, 0.05) is 49.9 Å². The van der Waals surface area contributed by atoms with Crippen molar-refractivity contribution in [3.8, 4) is 5.75 Å². The zero-order valence-corrected chi connectivity index (χ0v) is 14.2. The average molecular weight is 334 g/mol. The topological polar surface area (TPSA) is 41.6 Å². The van der Waals surface area contributed by atoms with Crippen molar-refractivity contribution in [1.29, 1.82) is 0 Å². The summed E-state index contributed by atoms with van der Waals surface area (Å²) < 4.78 is 5.98. The lowest BCUT2D eigenvalue weighted by Gasteiger charge is -2.34. The van der Waals surface area contributed by atoms with Crippen molar-refractivity contribution in [2.45, 2.75) is 13.0 Å². The molecule has 4 rings (SSSR count). The number of hydrogen-bond acceptors (Lipinski definition) is 4. The third-order valence-corrected chi connectivity index (χ3v) is 4.73. The highest BCUT2D eigenvalue weighted by atomic mass is 16.5. The molecule has 2 aromatic carbocycles. The van der Waals surface area contributed by atoms with Crippen LogP contribution in [0.3, 0.4) is 0 Å². The molecule has 25 heavy (non-hydrogen) atoms. The van der Waals surface area contributed by atoms with Crippen molar-refractivity contribution in [1.82, 2.24) is 10.2 Å². The number of rotatable bonds is 4. The van der Waals surface area contributed by atoms with E-state index in [4.69, 9.17) is 4.74 Å². The van der Waals surface area contributed by atoms with E-state index in [0.29, 0.717) is 13.0 Å². The summed E-state index contributed by atoms with van der Waals surface area (Å²) in [6.07, 6.45) is 2.28. The summed E-state index contributed by atoms with van der Waals surface area (Å²) >= 11 is 0. The van der Waals surface area contributed by atoms with Crippen molar-refractivity contribution >= 4 is 11.5 Å². The highest BCUT2D eigenvalue weighted by Gasteiger charge is 2.23. The van der Waals surface area contributed by atoms with Gasteiger partial charge in [-0.1, -0.05) is 36.4 Å². The quantitative estimate of drug-likeness (QED) is 0.933. The van der Waals surface area contributed by atoms with Gasteiger partial charge in [-0.3, -0.25) is 4.79 Å².